The van der Waals surface area contributed by atoms with Crippen LogP contribution in [0.15, 0.2) is 4.52 Å². The summed E-state index contributed by atoms with van der Waals surface area (Å²) in [6.45, 7) is 1.65. The number of amides is 1. The molecule has 1 amide bonds. The van der Waals surface area contributed by atoms with Crippen molar-refractivity contribution in [3.8, 4) is 0 Å². The average molecular weight is 240 g/mol. The van der Waals surface area contributed by atoms with E-state index in [4.69, 9.17) is 10.3 Å². The van der Waals surface area contributed by atoms with Gasteiger partial charge >= 0.3 is 0 Å². The van der Waals surface area contributed by atoms with Crippen LogP contribution in [0.4, 0.5) is 0 Å². The summed E-state index contributed by atoms with van der Waals surface area (Å²) >= 11 is 0. The Morgan fingerprint density at radius 3 is 3.00 bits per heavy atom. The molecule has 1 aliphatic carbocycles. The first kappa shape index (κ1) is 12.0. The van der Waals surface area contributed by atoms with Crippen molar-refractivity contribution in [3.05, 3.63) is 11.7 Å². The minimum Gasteiger partial charge on any atom is -0.388 e. The zero-order valence-electron chi connectivity index (χ0n) is 9.64. The van der Waals surface area contributed by atoms with Gasteiger partial charge in [0.15, 0.2) is 0 Å². The molecule has 1 saturated carbocycles. The van der Waals surface area contributed by atoms with Crippen LogP contribution in [0.2, 0.25) is 0 Å². The predicted molar refractivity (Wildman–Crippen MR) is 58.2 cm³/mol. The third kappa shape index (κ3) is 3.24. The van der Waals surface area contributed by atoms with E-state index in [0.717, 1.165) is 12.8 Å². The molecule has 1 atom stereocenters. The fourth-order valence-electron chi connectivity index (χ4n) is 1.29. The molecule has 1 fully saturated rings. The summed E-state index contributed by atoms with van der Waals surface area (Å²) in [4.78, 5) is 15.5. The molecule has 2 rings (SSSR count). The summed E-state index contributed by atoms with van der Waals surface area (Å²) in [5.41, 5.74) is 4.28. The van der Waals surface area contributed by atoms with E-state index in [1.54, 1.807) is 6.92 Å². The van der Waals surface area contributed by atoms with Crippen LogP contribution in [-0.4, -0.2) is 39.3 Å². The summed E-state index contributed by atoms with van der Waals surface area (Å²) in [5, 5.41) is 16.0. The van der Waals surface area contributed by atoms with Crippen molar-refractivity contribution in [3.63, 3.8) is 0 Å². The van der Waals surface area contributed by atoms with Gasteiger partial charge in [-0.15, -0.1) is 0 Å². The third-order valence-electron chi connectivity index (χ3n) is 2.56. The second-order valence-electron chi connectivity index (χ2n) is 4.64. The zero-order chi connectivity index (χ0) is 12.5. The number of nitrogens with two attached hydrogens (primary N) is 1. The highest BCUT2D eigenvalue weighted by Gasteiger charge is 2.27. The minimum atomic E-state index is -1.10. The van der Waals surface area contributed by atoms with Crippen molar-refractivity contribution < 1.29 is 14.4 Å². The molecule has 0 bridgehead atoms. The first-order chi connectivity index (χ1) is 8.00. The van der Waals surface area contributed by atoms with Crippen LogP contribution in [0.5, 0.6) is 0 Å². The molecule has 17 heavy (non-hydrogen) atoms. The second-order valence-corrected chi connectivity index (χ2v) is 4.64. The highest BCUT2D eigenvalue weighted by atomic mass is 16.5. The molecule has 7 nitrogen and oxygen atoms in total. The topological polar surface area (TPSA) is 114 Å². The van der Waals surface area contributed by atoms with E-state index in [-0.39, 0.29) is 36.6 Å². The summed E-state index contributed by atoms with van der Waals surface area (Å²) < 4.78 is 4.89. The molecule has 1 aromatic heterocycles. The monoisotopic (exact) mass is 240 g/mol. The Morgan fingerprint density at radius 2 is 2.41 bits per heavy atom. The third-order valence-corrected chi connectivity index (χ3v) is 2.56. The maximum absolute atomic E-state index is 11.6. The first-order valence-corrected chi connectivity index (χ1v) is 5.56. The van der Waals surface area contributed by atoms with E-state index in [1.807, 2.05) is 0 Å². The van der Waals surface area contributed by atoms with Gasteiger partial charge in [0.1, 0.15) is 0 Å². The summed E-state index contributed by atoms with van der Waals surface area (Å²) in [7, 11) is 0. The Balaban J connectivity index is 1.97. The molecule has 1 unspecified atom stereocenters. The van der Waals surface area contributed by atoms with E-state index in [2.05, 4.69) is 15.5 Å². The largest absolute Gasteiger partial charge is 0.388 e. The van der Waals surface area contributed by atoms with Crippen molar-refractivity contribution in [1.82, 2.24) is 15.5 Å². The molecule has 1 aliphatic rings. The quantitative estimate of drug-likeness (QED) is 0.621. The predicted octanol–water partition coefficient (Wildman–Crippen LogP) is -0.786. The van der Waals surface area contributed by atoms with Crippen molar-refractivity contribution in [1.29, 1.82) is 0 Å². The average Bonchev–Trinajstić information content (AvgIpc) is 2.96. The standard InChI is InChI=1S/C10H16N4O3/c1-10(16,5-11)4-7-13-8(14-17-7)9(15)12-6-2-3-6/h6,16H,2-5,11H2,1H3,(H,12,15). The number of carbonyl (C=O) groups excluding carboxylic acids is 1. The lowest BCUT2D eigenvalue weighted by Gasteiger charge is -2.17. The molecule has 1 aromatic rings. The van der Waals surface area contributed by atoms with Crippen LogP contribution in [0, 0.1) is 0 Å². The molecule has 0 aromatic carbocycles. The zero-order valence-corrected chi connectivity index (χ0v) is 9.64. The van der Waals surface area contributed by atoms with Gasteiger partial charge < -0.3 is 20.7 Å². The normalized spacial score (nSPS) is 18.8. The molecule has 4 N–H and O–H groups in total. The number of nitrogens with one attached hydrogen (secondary N) is 1. The molecule has 94 valence electrons. The Kier molecular flexibility index (Phi) is 3.12. The Hall–Kier alpha value is -1.47. The van der Waals surface area contributed by atoms with Crippen LogP contribution in [0.3, 0.4) is 0 Å². The van der Waals surface area contributed by atoms with Gasteiger partial charge in [0.25, 0.3) is 11.7 Å². The molecular formula is C10H16N4O3. The van der Waals surface area contributed by atoms with Gasteiger partial charge in [-0.2, -0.15) is 4.98 Å². The van der Waals surface area contributed by atoms with Crippen molar-refractivity contribution in [2.45, 2.75) is 37.8 Å². The Bertz CT molecular complexity index is 411. The van der Waals surface area contributed by atoms with Gasteiger partial charge in [-0.1, -0.05) is 5.16 Å². The van der Waals surface area contributed by atoms with Gasteiger partial charge in [0, 0.05) is 12.6 Å². The number of hydrogen-bond acceptors (Lipinski definition) is 6. The van der Waals surface area contributed by atoms with Crippen molar-refractivity contribution in [2.75, 3.05) is 6.54 Å². The fourth-order valence-corrected chi connectivity index (χ4v) is 1.29. The minimum absolute atomic E-state index is 0.000258. The fraction of sp³-hybridized carbons (Fsp3) is 0.700. The van der Waals surface area contributed by atoms with E-state index in [9.17, 15) is 9.90 Å². The van der Waals surface area contributed by atoms with Gasteiger partial charge in [-0.05, 0) is 19.8 Å². The van der Waals surface area contributed by atoms with E-state index >= 15 is 0 Å². The molecule has 0 saturated heterocycles. The van der Waals surface area contributed by atoms with Crippen LogP contribution < -0.4 is 11.1 Å². The number of rotatable bonds is 5. The van der Waals surface area contributed by atoms with Gasteiger partial charge in [0.05, 0.1) is 12.0 Å². The number of carbonyl (C=O) groups is 1. The van der Waals surface area contributed by atoms with Gasteiger partial charge in [-0.3, -0.25) is 4.79 Å². The van der Waals surface area contributed by atoms with E-state index < -0.39 is 5.60 Å². The van der Waals surface area contributed by atoms with Crippen molar-refractivity contribution >= 4 is 5.91 Å². The first-order valence-electron chi connectivity index (χ1n) is 5.56. The van der Waals surface area contributed by atoms with E-state index in [0.29, 0.717) is 0 Å². The lowest BCUT2D eigenvalue weighted by atomic mass is 10.0. The number of aliphatic hydroxyl groups is 1. The highest BCUT2D eigenvalue weighted by molar-refractivity contribution is 5.90. The smallest absolute Gasteiger partial charge is 0.292 e. The lowest BCUT2D eigenvalue weighted by molar-refractivity contribution is 0.0610. The van der Waals surface area contributed by atoms with Crippen LogP contribution in [0.1, 0.15) is 36.3 Å². The summed E-state index contributed by atoms with van der Waals surface area (Å²) in [6, 6.07) is 0.247. The van der Waals surface area contributed by atoms with Gasteiger partial charge in [0.2, 0.25) is 5.89 Å². The van der Waals surface area contributed by atoms with E-state index in [1.165, 1.54) is 0 Å². The summed E-state index contributed by atoms with van der Waals surface area (Å²) in [5.74, 6) is -0.129. The molecule has 0 radical (unpaired) electrons. The maximum Gasteiger partial charge on any atom is 0.292 e. The summed E-state index contributed by atoms with van der Waals surface area (Å²) in [6.07, 6.45) is 2.13. The molecule has 7 heteroatoms. The molecule has 1 heterocycles. The molecular weight excluding hydrogens is 224 g/mol. The maximum atomic E-state index is 11.6. The highest BCUT2D eigenvalue weighted by Crippen LogP contribution is 2.19. The molecule has 0 aliphatic heterocycles. The van der Waals surface area contributed by atoms with Crippen LogP contribution >= 0.6 is 0 Å². The van der Waals surface area contributed by atoms with Gasteiger partial charge in [-0.25, -0.2) is 0 Å². The molecule has 0 spiro atoms. The Morgan fingerprint density at radius 1 is 1.71 bits per heavy atom. The number of nitrogens with zero attached hydrogens (tertiary/aromatic N) is 2. The number of hydrogen-bond donors (Lipinski definition) is 3. The number of aromatic nitrogens is 2. The SMILES string of the molecule is CC(O)(CN)Cc1nc(C(=O)NC2CC2)no1. The Labute approximate surface area is 98.4 Å². The van der Waals surface area contributed by atoms with Crippen LogP contribution in [-0.2, 0) is 6.42 Å². The van der Waals surface area contributed by atoms with Crippen molar-refractivity contribution in [2.24, 2.45) is 5.73 Å². The van der Waals surface area contributed by atoms with Crippen LogP contribution in [0.25, 0.3) is 0 Å². The lowest BCUT2D eigenvalue weighted by Crippen LogP contribution is -2.36. The second kappa shape index (κ2) is 4.42.